The Hall–Kier alpha value is -2.83. The molecule has 1 amide bonds. The van der Waals surface area contributed by atoms with Crippen LogP contribution in [-0.2, 0) is 4.79 Å². The second-order valence-corrected chi connectivity index (χ2v) is 5.14. The molecule has 0 aliphatic carbocycles. The number of carbonyl (C=O) groups excluding carboxylic acids is 1. The molecule has 2 rings (SSSR count). The van der Waals surface area contributed by atoms with E-state index < -0.39 is 11.6 Å². The Morgan fingerprint density at radius 2 is 1.92 bits per heavy atom. The third kappa shape index (κ3) is 3.56. The van der Waals surface area contributed by atoms with Gasteiger partial charge in [-0.25, -0.2) is 4.68 Å². The van der Waals surface area contributed by atoms with Crippen molar-refractivity contribution in [3.05, 3.63) is 40.7 Å². The zero-order chi connectivity index (χ0) is 17.7. The lowest BCUT2D eigenvalue weighted by Gasteiger charge is -2.16. The Labute approximate surface area is 140 Å². The zero-order valence-electron chi connectivity index (χ0n) is 14.2. The molecule has 0 saturated heterocycles. The summed E-state index contributed by atoms with van der Waals surface area (Å²) >= 11 is 0. The van der Waals surface area contributed by atoms with Crippen LogP contribution >= 0.6 is 0 Å². The molecule has 0 spiro atoms. The van der Waals surface area contributed by atoms with Gasteiger partial charge in [0.05, 0.1) is 14.2 Å². The monoisotopic (exact) mass is 331 g/mol. The molecule has 1 N–H and O–H groups in total. The van der Waals surface area contributed by atoms with Crippen molar-refractivity contribution < 1.29 is 14.3 Å². The summed E-state index contributed by atoms with van der Waals surface area (Å²) in [7, 11) is 3.06. The molecule has 1 aromatic heterocycles. The Morgan fingerprint density at radius 3 is 2.46 bits per heavy atom. The molecule has 0 aliphatic rings. The average molecular weight is 331 g/mol. The average Bonchev–Trinajstić information content (AvgIpc) is 2.61. The van der Waals surface area contributed by atoms with E-state index in [0.717, 1.165) is 10.2 Å². The lowest BCUT2D eigenvalue weighted by molar-refractivity contribution is -0.124. The summed E-state index contributed by atoms with van der Waals surface area (Å²) < 4.78 is 11.6. The highest BCUT2D eigenvalue weighted by Gasteiger charge is 2.20. The fourth-order valence-corrected chi connectivity index (χ4v) is 2.27. The first-order chi connectivity index (χ1) is 11.5. The molecule has 0 saturated carbocycles. The van der Waals surface area contributed by atoms with Gasteiger partial charge in [0.15, 0.2) is 5.75 Å². The molecule has 1 heterocycles. The maximum absolute atomic E-state index is 12.3. The minimum atomic E-state index is -0.722. The van der Waals surface area contributed by atoms with Gasteiger partial charge in [0.2, 0.25) is 5.91 Å². The van der Waals surface area contributed by atoms with Crippen LogP contribution in [0.5, 0.6) is 11.5 Å². The van der Waals surface area contributed by atoms with Crippen molar-refractivity contribution in [2.75, 3.05) is 20.8 Å². The molecular formula is C17H21N3O4. The van der Waals surface area contributed by atoms with Crippen LogP contribution in [0.15, 0.2) is 35.1 Å². The van der Waals surface area contributed by atoms with E-state index in [-0.39, 0.29) is 5.91 Å². The van der Waals surface area contributed by atoms with E-state index in [4.69, 9.17) is 9.47 Å². The number of hydrogen-bond donors (Lipinski definition) is 1. The molecule has 7 heteroatoms. The lowest BCUT2D eigenvalue weighted by Crippen LogP contribution is -2.37. The molecule has 0 fully saturated rings. The number of rotatable bonds is 6. The number of ether oxygens (including phenoxy) is 2. The minimum absolute atomic E-state index is 0.266. The predicted molar refractivity (Wildman–Crippen MR) is 90.4 cm³/mol. The third-order valence-corrected chi connectivity index (χ3v) is 3.60. The fraction of sp³-hybridized carbons (Fsp3) is 0.353. The minimum Gasteiger partial charge on any atom is -0.497 e. The number of amides is 1. The molecule has 24 heavy (non-hydrogen) atoms. The summed E-state index contributed by atoms with van der Waals surface area (Å²) in [4.78, 5) is 24.3. The topological polar surface area (TPSA) is 82.5 Å². The molecule has 1 aromatic carbocycles. The summed E-state index contributed by atoms with van der Waals surface area (Å²) in [5.41, 5.74) is 0.836. The van der Waals surface area contributed by atoms with E-state index in [1.54, 1.807) is 26.2 Å². The van der Waals surface area contributed by atoms with Crippen LogP contribution in [0.4, 0.5) is 0 Å². The van der Waals surface area contributed by atoms with Gasteiger partial charge in [0.1, 0.15) is 17.5 Å². The van der Waals surface area contributed by atoms with Crippen LogP contribution in [0.3, 0.4) is 0 Å². The van der Waals surface area contributed by atoms with Crippen LogP contribution in [0.25, 0.3) is 11.3 Å². The summed E-state index contributed by atoms with van der Waals surface area (Å²) in [6, 6.07) is 7.82. The number of aromatic nitrogens is 2. The van der Waals surface area contributed by atoms with Crippen LogP contribution in [0.2, 0.25) is 0 Å². The number of nitrogens with one attached hydrogen (secondary N) is 1. The van der Waals surface area contributed by atoms with Gasteiger partial charge in [-0.3, -0.25) is 9.59 Å². The highest BCUT2D eigenvalue weighted by molar-refractivity contribution is 5.79. The quantitative estimate of drug-likeness (QED) is 0.870. The Balaban J connectivity index is 2.52. The van der Waals surface area contributed by atoms with Crippen molar-refractivity contribution in [2.45, 2.75) is 19.9 Å². The molecule has 0 aliphatic heterocycles. The van der Waals surface area contributed by atoms with Crippen molar-refractivity contribution in [1.82, 2.24) is 15.1 Å². The van der Waals surface area contributed by atoms with Crippen LogP contribution in [0, 0.1) is 0 Å². The number of likely N-dealkylation sites (N-methyl/N-ethyl adjacent to an activating group) is 1. The summed E-state index contributed by atoms with van der Waals surface area (Å²) in [6.07, 6.45) is 0. The van der Waals surface area contributed by atoms with E-state index >= 15 is 0 Å². The third-order valence-electron chi connectivity index (χ3n) is 3.60. The molecule has 2 aromatic rings. The van der Waals surface area contributed by atoms with Crippen molar-refractivity contribution in [1.29, 1.82) is 0 Å². The molecular weight excluding hydrogens is 310 g/mol. The highest BCUT2D eigenvalue weighted by Crippen LogP contribution is 2.28. The van der Waals surface area contributed by atoms with Gasteiger partial charge in [0.25, 0.3) is 5.56 Å². The van der Waals surface area contributed by atoms with Gasteiger partial charge in [-0.05, 0) is 38.1 Å². The van der Waals surface area contributed by atoms with Crippen molar-refractivity contribution in [3.63, 3.8) is 0 Å². The molecule has 7 nitrogen and oxygen atoms in total. The molecule has 0 radical (unpaired) electrons. The smallest absolute Gasteiger partial charge is 0.271 e. The molecule has 0 bridgehead atoms. The number of hydrogen-bond acceptors (Lipinski definition) is 5. The van der Waals surface area contributed by atoms with E-state index in [1.807, 2.05) is 19.1 Å². The molecule has 1 unspecified atom stereocenters. The summed E-state index contributed by atoms with van der Waals surface area (Å²) in [6.45, 7) is 3.93. The summed E-state index contributed by atoms with van der Waals surface area (Å²) in [5, 5.41) is 7.04. The maximum Gasteiger partial charge on any atom is 0.271 e. The predicted octanol–water partition coefficient (Wildman–Crippen LogP) is 1.62. The Bertz CT molecular complexity index is 768. The number of methoxy groups -OCH3 is 2. The standard InChI is InChI=1S/C17H21N3O4/c1-5-18-17(22)11(2)20-15(21)10-14(24-4)16(19-20)12-6-8-13(23-3)9-7-12/h6-11H,5H2,1-4H3,(H,18,22). The first-order valence-electron chi connectivity index (χ1n) is 7.61. The fourth-order valence-electron chi connectivity index (χ4n) is 2.27. The second kappa shape index (κ2) is 7.63. The van der Waals surface area contributed by atoms with Gasteiger partial charge in [-0.2, -0.15) is 5.10 Å². The molecule has 128 valence electrons. The SMILES string of the molecule is CCNC(=O)C(C)n1nc(-c2ccc(OC)cc2)c(OC)cc1=O. The number of nitrogens with zero attached hydrogens (tertiary/aromatic N) is 2. The second-order valence-electron chi connectivity index (χ2n) is 5.14. The van der Waals surface area contributed by atoms with Crippen molar-refractivity contribution in [2.24, 2.45) is 0 Å². The van der Waals surface area contributed by atoms with E-state index in [9.17, 15) is 9.59 Å². The maximum atomic E-state index is 12.3. The van der Waals surface area contributed by atoms with Gasteiger partial charge in [-0.1, -0.05) is 0 Å². The number of carbonyl (C=O) groups is 1. The van der Waals surface area contributed by atoms with Crippen molar-refractivity contribution >= 4 is 5.91 Å². The number of benzene rings is 1. The van der Waals surface area contributed by atoms with Crippen molar-refractivity contribution in [3.8, 4) is 22.8 Å². The van der Waals surface area contributed by atoms with E-state index in [0.29, 0.717) is 23.7 Å². The lowest BCUT2D eigenvalue weighted by atomic mass is 10.1. The zero-order valence-corrected chi connectivity index (χ0v) is 14.2. The first kappa shape index (κ1) is 17.5. The van der Waals surface area contributed by atoms with Crippen LogP contribution in [0.1, 0.15) is 19.9 Å². The summed E-state index contributed by atoms with van der Waals surface area (Å²) in [5.74, 6) is 0.796. The van der Waals surface area contributed by atoms with Gasteiger partial charge in [0, 0.05) is 18.2 Å². The Morgan fingerprint density at radius 1 is 1.25 bits per heavy atom. The van der Waals surface area contributed by atoms with Crippen LogP contribution in [-0.4, -0.2) is 36.5 Å². The first-order valence-corrected chi connectivity index (χ1v) is 7.61. The van der Waals surface area contributed by atoms with Gasteiger partial charge < -0.3 is 14.8 Å². The molecule has 1 atom stereocenters. The highest BCUT2D eigenvalue weighted by atomic mass is 16.5. The van der Waals surface area contributed by atoms with Gasteiger partial charge in [-0.15, -0.1) is 0 Å². The largest absolute Gasteiger partial charge is 0.497 e. The normalized spacial score (nSPS) is 11.7. The van der Waals surface area contributed by atoms with Gasteiger partial charge >= 0.3 is 0 Å². The van der Waals surface area contributed by atoms with E-state index in [1.165, 1.54) is 13.2 Å². The van der Waals surface area contributed by atoms with Crippen LogP contribution < -0.4 is 20.3 Å². The van der Waals surface area contributed by atoms with E-state index in [2.05, 4.69) is 10.4 Å². The Kier molecular flexibility index (Phi) is 5.57.